The first-order valence-corrected chi connectivity index (χ1v) is 14.8. The Bertz CT molecular complexity index is 1160. The van der Waals surface area contributed by atoms with Crippen molar-refractivity contribution in [1.29, 1.82) is 0 Å². The summed E-state index contributed by atoms with van der Waals surface area (Å²) in [6.07, 6.45) is 0.0831. The lowest BCUT2D eigenvalue weighted by Crippen LogP contribution is -2.64. The maximum Gasteiger partial charge on any atom is 0.244 e. The van der Waals surface area contributed by atoms with Crippen molar-refractivity contribution < 1.29 is 38.9 Å². The number of hydrogen-bond donors (Lipinski definition) is 5. The number of imidazole rings is 1. The number of carbonyl (C=O) groups is 4. The third-order valence-electron chi connectivity index (χ3n) is 9.16. The number of amides is 4. The number of H-pyrrole nitrogens is 1. The molecule has 15 nitrogen and oxygen atoms in total. The first-order chi connectivity index (χ1) is 20.3. The van der Waals surface area contributed by atoms with Crippen LogP contribution in [0.5, 0.6) is 0 Å². The molecular formula is C27H39N7O8. The molecule has 0 spiro atoms. The van der Waals surface area contributed by atoms with Crippen LogP contribution in [-0.2, 0) is 35.2 Å². The molecule has 5 saturated heterocycles. The summed E-state index contributed by atoms with van der Waals surface area (Å²) in [6, 6.07) is -1.83. The minimum Gasteiger partial charge on any atom is -0.388 e. The number of rotatable bonds is 3. The largest absolute Gasteiger partial charge is 0.388 e. The summed E-state index contributed by atoms with van der Waals surface area (Å²) in [6.45, 7) is 2.17. The van der Waals surface area contributed by atoms with Gasteiger partial charge in [-0.1, -0.05) is 0 Å². The van der Waals surface area contributed by atoms with E-state index in [0.717, 1.165) is 5.69 Å². The third-order valence-corrected chi connectivity index (χ3v) is 9.16. The van der Waals surface area contributed by atoms with Gasteiger partial charge >= 0.3 is 0 Å². The van der Waals surface area contributed by atoms with Crippen molar-refractivity contribution in [2.75, 3.05) is 45.9 Å². The van der Waals surface area contributed by atoms with E-state index in [4.69, 9.17) is 9.47 Å². The highest BCUT2D eigenvalue weighted by molar-refractivity contribution is 5.91. The highest BCUT2D eigenvalue weighted by Gasteiger charge is 2.47. The molecule has 0 aliphatic carbocycles. The summed E-state index contributed by atoms with van der Waals surface area (Å²) in [7, 11) is 0. The zero-order valence-electron chi connectivity index (χ0n) is 23.4. The van der Waals surface area contributed by atoms with Crippen molar-refractivity contribution >= 4 is 23.6 Å². The van der Waals surface area contributed by atoms with Crippen LogP contribution in [0.1, 0.15) is 31.4 Å². The van der Waals surface area contributed by atoms with Gasteiger partial charge < -0.3 is 45.1 Å². The summed E-state index contributed by atoms with van der Waals surface area (Å²) in [5, 5.41) is 26.9. The summed E-state index contributed by atoms with van der Waals surface area (Å²) in [5.74, 6) is -1.37. The number of fused-ring (bicyclic) bond motifs is 6. The SMILES string of the molecule is O=C1C[C@@H]2O[C@H](CNC(=O)[C@@H]3CN(CCN3C(=O)C3CCOCC3)C(=O)[C@@H]3C[C@@H](CN3Cc3cnc[nH]3)N1)[C@@H](O)[C@H]2O. The molecule has 6 bridgehead atoms. The molecule has 42 heavy (non-hydrogen) atoms. The summed E-state index contributed by atoms with van der Waals surface area (Å²) < 4.78 is 11.2. The first-order valence-electron chi connectivity index (χ1n) is 14.8. The van der Waals surface area contributed by atoms with Gasteiger partial charge in [0, 0.05) is 69.8 Å². The minimum atomic E-state index is -1.31. The Balaban J connectivity index is 1.27. The average molecular weight is 590 g/mol. The number of aromatic amines is 1. The number of hydrogen-bond acceptors (Lipinski definition) is 10. The maximum absolute atomic E-state index is 14.0. The second-order valence-electron chi connectivity index (χ2n) is 11.9. The van der Waals surface area contributed by atoms with Gasteiger partial charge in [-0.2, -0.15) is 0 Å². The Kier molecular flexibility index (Phi) is 8.45. The van der Waals surface area contributed by atoms with Crippen molar-refractivity contribution in [3.05, 3.63) is 18.2 Å². The molecule has 15 heteroatoms. The zero-order valence-corrected chi connectivity index (χ0v) is 23.4. The Labute approximate surface area is 242 Å². The number of nitrogens with one attached hydrogen (secondary N) is 3. The number of aromatic nitrogens is 2. The lowest BCUT2D eigenvalue weighted by Gasteiger charge is -2.43. The number of nitrogens with zero attached hydrogens (tertiary/aromatic N) is 4. The third kappa shape index (κ3) is 5.88. The molecule has 1 aromatic rings. The van der Waals surface area contributed by atoms with Crippen molar-refractivity contribution in [2.45, 2.75) is 74.8 Å². The second kappa shape index (κ2) is 12.2. The van der Waals surface area contributed by atoms with Crippen LogP contribution in [0.4, 0.5) is 0 Å². The fourth-order valence-corrected chi connectivity index (χ4v) is 6.84. The van der Waals surface area contributed by atoms with Crippen LogP contribution in [-0.4, -0.2) is 147 Å². The van der Waals surface area contributed by atoms with Crippen molar-refractivity contribution in [1.82, 2.24) is 35.3 Å². The van der Waals surface area contributed by atoms with E-state index >= 15 is 0 Å². The van der Waals surface area contributed by atoms with Gasteiger partial charge in [-0.25, -0.2) is 4.98 Å². The topological polar surface area (TPSA) is 190 Å². The highest BCUT2D eigenvalue weighted by atomic mass is 16.5. The van der Waals surface area contributed by atoms with Crippen molar-refractivity contribution in [2.24, 2.45) is 5.92 Å². The molecule has 6 heterocycles. The predicted octanol–water partition coefficient (Wildman–Crippen LogP) is -3.06. The number of ether oxygens (including phenoxy) is 2. The van der Waals surface area contributed by atoms with Crippen LogP contribution >= 0.6 is 0 Å². The van der Waals surface area contributed by atoms with Crippen LogP contribution in [0.2, 0.25) is 0 Å². The molecule has 1 aromatic heterocycles. The molecule has 7 atom stereocenters. The minimum absolute atomic E-state index is 0.0182. The van der Waals surface area contributed by atoms with Gasteiger partial charge in [-0.3, -0.25) is 24.1 Å². The Morgan fingerprint density at radius 2 is 1.83 bits per heavy atom. The monoisotopic (exact) mass is 589 g/mol. The van der Waals surface area contributed by atoms with E-state index in [9.17, 15) is 29.4 Å². The standard InChI is InChI=1S/C27H39N7O8/c35-22-8-20-23(36)24(37)21(42-20)10-29-25(38)19-13-32(3-4-34(19)26(39)15-1-5-41-6-2-15)27(40)18-7-16(31-22)11-33(18)12-17-9-28-14-30-17/h9,14-16,18-21,23-24,36-37H,1-8,10-13H2,(H,28,30)(H,29,38)(H,31,35)/t16-,18-,19-,20-,21+,23-,24+/m0/s1. The second-order valence-corrected chi connectivity index (χ2v) is 11.9. The molecule has 0 aromatic carbocycles. The Hall–Kier alpha value is -3.11. The number of aliphatic hydroxyl groups excluding tert-OH is 2. The summed E-state index contributed by atoms with van der Waals surface area (Å²) in [5.41, 5.74) is 0.817. The van der Waals surface area contributed by atoms with Gasteiger partial charge in [0.25, 0.3) is 0 Å². The number of carbonyl (C=O) groups excluding carboxylic acids is 4. The molecule has 0 radical (unpaired) electrons. The summed E-state index contributed by atoms with van der Waals surface area (Å²) >= 11 is 0. The van der Waals surface area contributed by atoms with Crippen LogP contribution in [0.25, 0.3) is 0 Å². The van der Waals surface area contributed by atoms with E-state index in [1.807, 2.05) is 4.90 Å². The predicted molar refractivity (Wildman–Crippen MR) is 143 cm³/mol. The molecule has 0 saturated carbocycles. The summed E-state index contributed by atoms with van der Waals surface area (Å²) in [4.78, 5) is 66.5. The smallest absolute Gasteiger partial charge is 0.244 e. The molecule has 230 valence electrons. The molecule has 5 N–H and O–H groups in total. The van der Waals surface area contributed by atoms with E-state index in [0.29, 0.717) is 45.6 Å². The van der Waals surface area contributed by atoms with E-state index in [1.54, 1.807) is 22.3 Å². The number of likely N-dealkylation sites (tertiary alicyclic amines) is 1. The van der Waals surface area contributed by atoms with Gasteiger partial charge in [-0.15, -0.1) is 0 Å². The quantitative estimate of drug-likeness (QED) is 0.242. The van der Waals surface area contributed by atoms with Gasteiger partial charge in [-0.05, 0) is 19.3 Å². The van der Waals surface area contributed by atoms with E-state index in [1.165, 1.54) is 0 Å². The van der Waals surface area contributed by atoms with Gasteiger partial charge in [0.2, 0.25) is 23.6 Å². The lowest BCUT2D eigenvalue weighted by molar-refractivity contribution is -0.154. The first kappa shape index (κ1) is 29.0. The maximum atomic E-state index is 14.0. The van der Waals surface area contributed by atoms with Gasteiger partial charge in [0.15, 0.2) is 0 Å². The van der Waals surface area contributed by atoms with Crippen LogP contribution in [0.15, 0.2) is 12.5 Å². The van der Waals surface area contributed by atoms with Crippen molar-refractivity contribution in [3.63, 3.8) is 0 Å². The van der Waals surface area contributed by atoms with Crippen LogP contribution in [0, 0.1) is 5.92 Å². The lowest BCUT2D eigenvalue weighted by atomic mass is 9.96. The normalized spacial score (nSPS) is 35.3. The number of aliphatic hydroxyl groups is 2. The van der Waals surface area contributed by atoms with Gasteiger partial charge in [0.1, 0.15) is 24.4 Å². The highest BCUT2D eigenvalue weighted by Crippen LogP contribution is 2.28. The zero-order chi connectivity index (χ0) is 29.4. The Morgan fingerprint density at radius 1 is 1.05 bits per heavy atom. The molecule has 6 rings (SSSR count). The fourth-order valence-electron chi connectivity index (χ4n) is 6.84. The van der Waals surface area contributed by atoms with Gasteiger partial charge in [0.05, 0.1) is 31.4 Å². The average Bonchev–Trinajstić information content (AvgIpc) is 3.72. The van der Waals surface area contributed by atoms with E-state index in [-0.39, 0.29) is 62.3 Å². The van der Waals surface area contributed by atoms with Crippen LogP contribution in [0.3, 0.4) is 0 Å². The molecular weight excluding hydrogens is 550 g/mol. The van der Waals surface area contributed by atoms with Crippen LogP contribution < -0.4 is 10.6 Å². The molecule has 0 unspecified atom stereocenters. The van der Waals surface area contributed by atoms with E-state index in [2.05, 4.69) is 20.6 Å². The molecule has 5 aliphatic rings. The molecule has 5 fully saturated rings. The van der Waals surface area contributed by atoms with E-state index < -0.39 is 42.4 Å². The Morgan fingerprint density at radius 3 is 2.60 bits per heavy atom. The fraction of sp³-hybridized carbons (Fsp3) is 0.741. The van der Waals surface area contributed by atoms with Crippen molar-refractivity contribution in [3.8, 4) is 0 Å². The molecule has 4 amide bonds. The molecule has 5 aliphatic heterocycles. The number of piperazine rings is 1.